The molecule has 4 aromatic rings. The van der Waals surface area contributed by atoms with Crippen LogP contribution in [0, 0.1) is 20.8 Å². The van der Waals surface area contributed by atoms with Crippen molar-refractivity contribution in [2.45, 2.75) is 27.3 Å². The average Bonchev–Trinajstić information content (AvgIpc) is 3.03. The van der Waals surface area contributed by atoms with E-state index >= 15 is 0 Å². The van der Waals surface area contributed by atoms with Gasteiger partial charge in [-0.1, -0.05) is 54.6 Å². The fourth-order valence-electron chi connectivity index (χ4n) is 3.60. The van der Waals surface area contributed by atoms with E-state index in [-0.39, 0.29) is 12.5 Å². The lowest BCUT2D eigenvalue weighted by molar-refractivity contribution is -0.116. The molecular formula is C24H23N3O. The fourth-order valence-corrected chi connectivity index (χ4v) is 3.60. The highest BCUT2D eigenvalue weighted by Gasteiger charge is 2.17. The maximum atomic E-state index is 12.9. The van der Waals surface area contributed by atoms with Gasteiger partial charge in [0.15, 0.2) is 0 Å². The molecule has 0 fully saturated rings. The number of hydrogen-bond acceptors (Lipinski definition) is 2. The predicted octanol–water partition coefficient (Wildman–Crippen LogP) is 5.27. The number of carbonyl (C=O) groups excluding carboxylic acids is 1. The van der Waals surface area contributed by atoms with Gasteiger partial charge in [0, 0.05) is 11.3 Å². The van der Waals surface area contributed by atoms with Crippen LogP contribution in [0.4, 0.5) is 5.69 Å². The SMILES string of the molecule is Cc1ccccc1-c1nc2ccccc2n1CC(=O)Nc1c(C)cccc1C. The molecule has 0 aliphatic rings. The number of anilines is 1. The third-order valence-corrected chi connectivity index (χ3v) is 5.09. The van der Waals surface area contributed by atoms with Gasteiger partial charge in [-0.25, -0.2) is 4.98 Å². The summed E-state index contributed by atoms with van der Waals surface area (Å²) in [5.41, 5.74) is 7.02. The van der Waals surface area contributed by atoms with Crippen molar-refractivity contribution < 1.29 is 4.79 Å². The van der Waals surface area contributed by atoms with Gasteiger partial charge < -0.3 is 9.88 Å². The Morgan fingerprint density at radius 3 is 2.25 bits per heavy atom. The number of rotatable bonds is 4. The summed E-state index contributed by atoms with van der Waals surface area (Å²) < 4.78 is 2.00. The summed E-state index contributed by atoms with van der Waals surface area (Å²) in [6, 6.07) is 22.1. The third-order valence-electron chi connectivity index (χ3n) is 5.09. The molecule has 4 nitrogen and oxygen atoms in total. The molecule has 3 aromatic carbocycles. The van der Waals surface area contributed by atoms with Gasteiger partial charge in [0.1, 0.15) is 12.4 Å². The highest BCUT2D eigenvalue weighted by Crippen LogP contribution is 2.27. The van der Waals surface area contributed by atoms with E-state index in [1.54, 1.807) is 0 Å². The first-order valence-corrected chi connectivity index (χ1v) is 9.42. The Morgan fingerprint density at radius 1 is 0.857 bits per heavy atom. The summed E-state index contributed by atoms with van der Waals surface area (Å²) >= 11 is 0. The van der Waals surface area contributed by atoms with Crippen LogP contribution in [0.3, 0.4) is 0 Å². The summed E-state index contributed by atoms with van der Waals surface area (Å²) in [4.78, 5) is 17.8. The summed E-state index contributed by atoms with van der Waals surface area (Å²) in [6.07, 6.45) is 0. The first-order valence-electron chi connectivity index (χ1n) is 9.42. The van der Waals surface area contributed by atoms with E-state index in [0.717, 1.165) is 44.8 Å². The average molecular weight is 369 g/mol. The Morgan fingerprint density at radius 2 is 1.50 bits per heavy atom. The van der Waals surface area contributed by atoms with Gasteiger partial charge in [0.2, 0.25) is 5.91 Å². The first-order chi connectivity index (χ1) is 13.5. The van der Waals surface area contributed by atoms with Crippen molar-refractivity contribution in [3.8, 4) is 11.4 Å². The monoisotopic (exact) mass is 369 g/mol. The number of para-hydroxylation sites is 3. The Bertz CT molecular complexity index is 1150. The standard InChI is InChI=1S/C24H23N3O/c1-16-9-4-5-12-19(16)24-25-20-13-6-7-14-21(20)27(24)15-22(28)26-23-17(2)10-8-11-18(23)3/h4-14H,15H2,1-3H3,(H,26,28). The van der Waals surface area contributed by atoms with Crippen LogP contribution in [-0.2, 0) is 11.3 Å². The number of benzene rings is 3. The van der Waals surface area contributed by atoms with Crippen molar-refractivity contribution in [1.82, 2.24) is 9.55 Å². The molecule has 0 saturated carbocycles. The first kappa shape index (κ1) is 18.0. The molecule has 0 aliphatic carbocycles. The molecule has 1 aromatic heterocycles. The van der Waals surface area contributed by atoms with Gasteiger partial charge in [0.05, 0.1) is 11.0 Å². The number of nitrogens with zero attached hydrogens (tertiary/aromatic N) is 2. The van der Waals surface area contributed by atoms with Gasteiger partial charge in [-0.3, -0.25) is 4.79 Å². The van der Waals surface area contributed by atoms with Crippen LogP contribution in [0.1, 0.15) is 16.7 Å². The molecule has 0 aliphatic heterocycles. The minimum Gasteiger partial charge on any atom is -0.324 e. The second-order valence-electron chi connectivity index (χ2n) is 7.14. The molecule has 1 amide bonds. The van der Waals surface area contributed by atoms with Gasteiger partial charge in [-0.05, 0) is 49.6 Å². The molecule has 0 saturated heterocycles. The summed E-state index contributed by atoms with van der Waals surface area (Å²) in [5, 5.41) is 3.09. The number of amides is 1. The van der Waals surface area contributed by atoms with E-state index in [4.69, 9.17) is 4.98 Å². The molecule has 0 radical (unpaired) electrons. The maximum Gasteiger partial charge on any atom is 0.244 e. The Kier molecular flexibility index (Phi) is 4.70. The van der Waals surface area contributed by atoms with E-state index in [9.17, 15) is 4.79 Å². The van der Waals surface area contributed by atoms with Crippen molar-refractivity contribution >= 4 is 22.6 Å². The largest absolute Gasteiger partial charge is 0.324 e. The van der Waals surface area contributed by atoms with Crippen LogP contribution in [0.5, 0.6) is 0 Å². The molecule has 1 N–H and O–H groups in total. The topological polar surface area (TPSA) is 46.9 Å². The third kappa shape index (κ3) is 3.29. The Balaban J connectivity index is 1.75. The fraction of sp³-hybridized carbons (Fsp3) is 0.167. The Hall–Kier alpha value is -3.40. The maximum absolute atomic E-state index is 12.9. The summed E-state index contributed by atoms with van der Waals surface area (Å²) in [7, 11) is 0. The molecular weight excluding hydrogens is 346 g/mol. The van der Waals surface area contributed by atoms with Gasteiger partial charge >= 0.3 is 0 Å². The molecule has 0 spiro atoms. The van der Waals surface area contributed by atoms with Gasteiger partial charge in [-0.15, -0.1) is 0 Å². The zero-order valence-electron chi connectivity index (χ0n) is 16.4. The van der Waals surface area contributed by atoms with Gasteiger partial charge in [0.25, 0.3) is 0 Å². The molecule has 0 bridgehead atoms. The number of nitrogens with one attached hydrogen (secondary N) is 1. The van der Waals surface area contributed by atoms with Crippen molar-refractivity contribution in [1.29, 1.82) is 0 Å². The van der Waals surface area contributed by atoms with Gasteiger partial charge in [-0.2, -0.15) is 0 Å². The Labute approximate surface area is 164 Å². The minimum atomic E-state index is -0.0598. The number of aryl methyl sites for hydroxylation is 3. The smallest absolute Gasteiger partial charge is 0.244 e. The zero-order valence-corrected chi connectivity index (χ0v) is 16.4. The van der Waals surface area contributed by atoms with E-state index in [1.807, 2.05) is 73.0 Å². The molecule has 1 heterocycles. The predicted molar refractivity (Wildman–Crippen MR) is 114 cm³/mol. The van der Waals surface area contributed by atoms with E-state index in [1.165, 1.54) is 0 Å². The van der Waals surface area contributed by atoms with Crippen molar-refractivity contribution in [3.05, 3.63) is 83.4 Å². The molecule has 4 rings (SSSR count). The van der Waals surface area contributed by atoms with E-state index < -0.39 is 0 Å². The number of aromatic nitrogens is 2. The van der Waals surface area contributed by atoms with Crippen LogP contribution in [0.2, 0.25) is 0 Å². The highest BCUT2D eigenvalue weighted by atomic mass is 16.1. The second-order valence-corrected chi connectivity index (χ2v) is 7.14. The second kappa shape index (κ2) is 7.31. The lowest BCUT2D eigenvalue weighted by Crippen LogP contribution is -2.20. The van der Waals surface area contributed by atoms with E-state index in [2.05, 4.69) is 24.4 Å². The number of imidazole rings is 1. The molecule has 140 valence electrons. The lowest BCUT2D eigenvalue weighted by Gasteiger charge is -2.14. The van der Waals surface area contributed by atoms with Crippen LogP contribution in [-0.4, -0.2) is 15.5 Å². The van der Waals surface area contributed by atoms with Crippen molar-refractivity contribution in [2.24, 2.45) is 0 Å². The van der Waals surface area contributed by atoms with Crippen LogP contribution < -0.4 is 5.32 Å². The van der Waals surface area contributed by atoms with Crippen LogP contribution in [0.15, 0.2) is 66.7 Å². The highest BCUT2D eigenvalue weighted by molar-refractivity contribution is 5.94. The molecule has 0 atom stereocenters. The van der Waals surface area contributed by atoms with E-state index in [0.29, 0.717) is 0 Å². The van der Waals surface area contributed by atoms with Crippen molar-refractivity contribution in [2.75, 3.05) is 5.32 Å². The zero-order chi connectivity index (χ0) is 19.7. The molecule has 4 heteroatoms. The lowest BCUT2D eigenvalue weighted by atomic mass is 10.1. The minimum absolute atomic E-state index is 0.0598. The van der Waals surface area contributed by atoms with Crippen LogP contribution >= 0.6 is 0 Å². The van der Waals surface area contributed by atoms with Crippen molar-refractivity contribution in [3.63, 3.8) is 0 Å². The number of fused-ring (bicyclic) bond motifs is 1. The number of hydrogen-bond donors (Lipinski definition) is 1. The summed E-state index contributed by atoms with van der Waals surface area (Å²) in [5.74, 6) is 0.756. The quantitative estimate of drug-likeness (QED) is 0.533. The molecule has 0 unspecified atom stereocenters. The number of carbonyl (C=O) groups is 1. The summed E-state index contributed by atoms with van der Waals surface area (Å²) in [6.45, 7) is 6.29. The van der Waals surface area contributed by atoms with Crippen LogP contribution in [0.25, 0.3) is 22.4 Å². The normalized spacial score (nSPS) is 11.0. The molecule has 28 heavy (non-hydrogen) atoms.